The fourth-order valence-corrected chi connectivity index (χ4v) is 3.63. The molecule has 0 spiro atoms. The Balaban J connectivity index is 2.02. The molecule has 23 heavy (non-hydrogen) atoms. The number of nitrogens with one attached hydrogen (secondary N) is 2. The third-order valence-electron chi connectivity index (χ3n) is 3.60. The number of nitrogens with two attached hydrogens (primary N) is 1. The monoisotopic (exact) mass is 338 g/mol. The lowest BCUT2D eigenvalue weighted by molar-refractivity contribution is -0.120. The van der Waals surface area contributed by atoms with E-state index < -0.39 is 10.0 Å². The molecule has 0 radical (unpaired) electrons. The van der Waals surface area contributed by atoms with E-state index in [1.165, 1.54) is 6.07 Å². The average Bonchev–Trinajstić information content (AvgIpc) is 2.81. The van der Waals surface area contributed by atoms with E-state index >= 15 is 0 Å². The third kappa shape index (κ3) is 4.29. The van der Waals surface area contributed by atoms with Gasteiger partial charge in [-0.05, 0) is 18.6 Å². The van der Waals surface area contributed by atoms with Crippen LogP contribution in [0.2, 0.25) is 0 Å². The summed E-state index contributed by atoms with van der Waals surface area (Å²) in [5, 5.41) is 2.82. The van der Waals surface area contributed by atoms with Crippen molar-refractivity contribution in [1.29, 1.82) is 0 Å². The minimum Gasteiger partial charge on any atom is -0.350 e. The van der Waals surface area contributed by atoms with Crippen LogP contribution in [0, 0.1) is 0 Å². The highest BCUT2D eigenvalue weighted by molar-refractivity contribution is 7.90. The highest BCUT2D eigenvalue weighted by Gasteiger charge is 2.30. The number of amidine groups is 1. The van der Waals surface area contributed by atoms with Gasteiger partial charge in [0.15, 0.2) is 0 Å². The van der Waals surface area contributed by atoms with E-state index in [-0.39, 0.29) is 29.2 Å². The number of aliphatic imine (C=N–C) groups is 1. The van der Waals surface area contributed by atoms with Gasteiger partial charge in [-0.2, -0.15) is 0 Å². The molecule has 4 N–H and O–H groups in total. The molecule has 7 nitrogen and oxygen atoms in total. The standard InChI is InChI=1S/C15H22N4O3S/c1-2-3-6-11(9-16)18-14(20)10-17-15-12-7-4-5-8-13(12)23(21,22)19-15/h4-5,7-8,11H,2-3,6,9-10,16H2,1H3,(H,17,19)(H,18,20). The molecule has 0 saturated carbocycles. The van der Waals surface area contributed by atoms with E-state index in [1.807, 2.05) is 0 Å². The highest BCUT2D eigenvalue weighted by atomic mass is 32.2. The lowest BCUT2D eigenvalue weighted by Gasteiger charge is -2.15. The first-order valence-electron chi connectivity index (χ1n) is 7.64. The van der Waals surface area contributed by atoms with Gasteiger partial charge in [0.25, 0.3) is 10.0 Å². The number of unbranched alkanes of at least 4 members (excludes halogenated alkanes) is 1. The molecule has 2 rings (SSSR count). The van der Waals surface area contributed by atoms with Gasteiger partial charge in [-0.1, -0.05) is 31.9 Å². The van der Waals surface area contributed by atoms with Crippen LogP contribution in [0.3, 0.4) is 0 Å². The van der Waals surface area contributed by atoms with Gasteiger partial charge in [-0.25, -0.2) is 8.42 Å². The first kappa shape index (κ1) is 17.4. The second kappa shape index (κ2) is 7.56. The quantitative estimate of drug-likeness (QED) is 0.666. The van der Waals surface area contributed by atoms with Crippen LogP contribution in [0.5, 0.6) is 0 Å². The van der Waals surface area contributed by atoms with Crippen LogP contribution in [0.25, 0.3) is 0 Å². The summed E-state index contributed by atoms with van der Waals surface area (Å²) in [4.78, 5) is 16.2. The van der Waals surface area contributed by atoms with E-state index in [9.17, 15) is 13.2 Å². The molecular weight excluding hydrogens is 316 g/mol. The van der Waals surface area contributed by atoms with Crippen molar-refractivity contribution in [3.63, 3.8) is 0 Å². The molecule has 0 bridgehead atoms. The lowest BCUT2D eigenvalue weighted by atomic mass is 10.1. The van der Waals surface area contributed by atoms with Gasteiger partial charge in [0.1, 0.15) is 12.4 Å². The van der Waals surface area contributed by atoms with Gasteiger partial charge < -0.3 is 11.1 Å². The Labute approximate surface area is 136 Å². The number of rotatable bonds is 7. The molecule has 1 aromatic carbocycles. The normalized spacial score (nSPS) is 18.3. The van der Waals surface area contributed by atoms with Crippen molar-refractivity contribution in [2.75, 3.05) is 13.1 Å². The Morgan fingerprint density at radius 3 is 2.83 bits per heavy atom. The summed E-state index contributed by atoms with van der Waals surface area (Å²) in [5.41, 5.74) is 6.12. The number of hydrogen-bond donors (Lipinski definition) is 3. The van der Waals surface area contributed by atoms with E-state index in [0.717, 1.165) is 19.3 Å². The third-order valence-corrected chi connectivity index (χ3v) is 5.00. The first-order chi connectivity index (χ1) is 11.0. The maximum Gasteiger partial charge on any atom is 0.263 e. The smallest absolute Gasteiger partial charge is 0.263 e. The van der Waals surface area contributed by atoms with Crippen molar-refractivity contribution in [1.82, 2.24) is 10.0 Å². The summed E-state index contributed by atoms with van der Waals surface area (Å²) in [5.74, 6) is -0.0683. The molecule has 1 amide bonds. The first-order valence-corrected chi connectivity index (χ1v) is 9.12. The highest BCUT2D eigenvalue weighted by Crippen LogP contribution is 2.21. The SMILES string of the molecule is CCCCC(CN)NC(=O)CN=C1NS(=O)(=O)c2ccccc21. The number of sulfonamides is 1. The molecule has 0 aliphatic carbocycles. The molecule has 1 aliphatic rings. The van der Waals surface area contributed by atoms with Gasteiger partial charge >= 0.3 is 0 Å². The van der Waals surface area contributed by atoms with Gasteiger partial charge in [-0.3, -0.25) is 14.5 Å². The van der Waals surface area contributed by atoms with Crippen molar-refractivity contribution >= 4 is 21.8 Å². The van der Waals surface area contributed by atoms with E-state index in [1.54, 1.807) is 18.2 Å². The van der Waals surface area contributed by atoms with Crippen LogP contribution in [0.4, 0.5) is 0 Å². The molecule has 1 atom stereocenters. The molecule has 0 fully saturated rings. The number of nitrogens with zero attached hydrogens (tertiary/aromatic N) is 1. The van der Waals surface area contributed by atoms with Crippen LogP contribution in [0.15, 0.2) is 34.2 Å². The molecule has 0 saturated heterocycles. The minimum absolute atomic E-state index is 0.0739. The molecule has 8 heteroatoms. The molecule has 1 unspecified atom stereocenters. The number of fused-ring (bicyclic) bond motifs is 1. The zero-order chi connectivity index (χ0) is 16.9. The van der Waals surface area contributed by atoms with E-state index in [4.69, 9.17) is 5.73 Å². The number of amides is 1. The summed E-state index contributed by atoms with van der Waals surface area (Å²) < 4.78 is 26.3. The molecule has 0 aromatic heterocycles. The summed E-state index contributed by atoms with van der Waals surface area (Å²) in [7, 11) is -3.57. The summed E-state index contributed by atoms with van der Waals surface area (Å²) >= 11 is 0. The maximum absolute atomic E-state index is 12.0. The van der Waals surface area contributed by atoms with Gasteiger partial charge in [-0.15, -0.1) is 0 Å². The topological polar surface area (TPSA) is 114 Å². The van der Waals surface area contributed by atoms with Crippen LogP contribution in [-0.4, -0.2) is 39.3 Å². The second-order valence-electron chi connectivity index (χ2n) is 5.41. The van der Waals surface area contributed by atoms with Crippen LogP contribution >= 0.6 is 0 Å². The van der Waals surface area contributed by atoms with Crippen molar-refractivity contribution in [2.45, 2.75) is 37.1 Å². The van der Waals surface area contributed by atoms with Crippen LogP contribution < -0.4 is 15.8 Å². The Hall–Kier alpha value is -1.93. The number of carbonyl (C=O) groups is 1. The van der Waals surface area contributed by atoms with Crippen LogP contribution in [0.1, 0.15) is 31.7 Å². The summed E-state index contributed by atoms with van der Waals surface area (Å²) in [6.07, 6.45) is 2.85. The summed E-state index contributed by atoms with van der Waals surface area (Å²) in [6.45, 7) is 2.30. The molecular formula is C15H22N4O3S. The average molecular weight is 338 g/mol. The van der Waals surface area contributed by atoms with Crippen LogP contribution in [-0.2, 0) is 14.8 Å². The Bertz CT molecular complexity index is 700. The predicted octanol–water partition coefficient (Wildman–Crippen LogP) is 0.359. The Morgan fingerprint density at radius 2 is 2.13 bits per heavy atom. The Kier molecular flexibility index (Phi) is 5.73. The van der Waals surface area contributed by atoms with Crippen molar-refractivity contribution in [2.24, 2.45) is 10.7 Å². The summed E-state index contributed by atoms with van der Waals surface area (Å²) in [6, 6.07) is 6.47. The van der Waals surface area contributed by atoms with E-state index in [2.05, 4.69) is 22.0 Å². The Morgan fingerprint density at radius 1 is 1.39 bits per heavy atom. The van der Waals surface area contributed by atoms with Crippen molar-refractivity contribution in [3.8, 4) is 0 Å². The predicted molar refractivity (Wildman–Crippen MR) is 88.7 cm³/mol. The van der Waals surface area contributed by atoms with Crippen molar-refractivity contribution < 1.29 is 13.2 Å². The van der Waals surface area contributed by atoms with Crippen molar-refractivity contribution in [3.05, 3.63) is 29.8 Å². The van der Waals surface area contributed by atoms with Gasteiger partial charge in [0.2, 0.25) is 5.91 Å². The number of carbonyl (C=O) groups excluding carboxylic acids is 1. The molecule has 1 heterocycles. The van der Waals surface area contributed by atoms with Gasteiger partial charge in [0, 0.05) is 18.2 Å². The molecule has 1 aromatic rings. The zero-order valence-electron chi connectivity index (χ0n) is 13.1. The minimum atomic E-state index is -3.57. The molecule has 1 aliphatic heterocycles. The second-order valence-corrected chi connectivity index (χ2v) is 7.06. The van der Waals surface area contributed by atoms with Gasteiger partial charge in [0.05, 0.1) is 4.90 Å². The zero-order valence-corrected chi connectivity index (χ0v) is 13.9. The fraction of sp³-hybridized carbons (Fsp3) is 0.467. The molecule has 126 valence electrons. The number of benzene rings is 1. The fourth-order valence-electron chi connectivity index (χ4n) is 2.37. The largest absolute Gasteiger partial charge is 0.350 e. The lowest BCUT2D eigenvalue weighted by Crippen LogP contribution is -2.41. The maximum atomic E-state index is 12.0. The number of hydrogen-bond acceptors (Lipinski definition) is 5. The van der Waals surface area contributed by atoms with E-state index in [0.29, 0.717) is 12.1 Å².